The standard InChI is InChI=1S/C16H16BrNS/c1-11-6-13(17)8-14(7-11)18-9-12-10-19-16-5-3-2-4-15(12)16/h2-8,12,18H,9-10H2,1H3. The first-order valence-electron chi connectivity index (χ1n) is 6.45. The van der Waals surface area contributed by atoms with Crippen LogP contribution >= 0.6 is 27.7 Å². The molecular weight excluding hydrogens is 318 g/mol. The summed E-state index contributed by atoms with van der Waals surface area (Å²) in [5, 5.41) is 3.57. The van der Waals surface area contributed by atoms with Crippen LogP contribution in [0.15, 0.2) is 51.8 Å². The largest absolute Gasteiger partial charge is 0.384 e. The molecule has 1 nitrogen and oxygen atoms in total. The summed E-state index contributed by atoms with van der Waals surface area (Å²) in [6, 6.07) is 15.2. The molecule has 0 aliphatic carbocycles. The number of hydrogen-bond acceptors (Lipinski definition) is 2. The summed E-state index contributed by atoms with van der Waals surface area (Å²) in [7, 11) is 0. The average molecular weight is 334 g/mol. The number of thioether (sulfide) groups is 1. The van der Waals surface area contributed by atoms with E-state index in [4.69, 9.17) is 0 Å². The van der Waals surface area contributed by atoms with E-state index in [-0.39, 0.29) is 0 Å². The molecule has 0 radical (unpaired) electrons. The first-order chi connectivity index (χ1) is 9.22. The Labute approximate surface area is 126 Å². The summed E-state index contributed by atoms with van der Waals surface area (Å²) in [4.78, 5) is 1.44. The number of fused-ring (bicyclic) bond motifs is 1. The van der Waals surface area contributed by atoms with Crippen LogP contribution in [0.2, 0.25) is 0 Å². The Morgan fingerprint density at radius 2 is 2.11 bits per heavy atom. The fourth-order valence-electron chi connectivity index (χ4n) is 2.48. The molecular formula is C16H16BrNS. The van der Waals surface area contributed by atoms with Crippen LogP contribution in [0.1, 0.15) is 17.0 Å². The second kappa shape index (κ2) is 5.59. The van der Waals surface area contributed by atoms with Crippen molar-refractivity contribution in [1.29, 1.82) is 0 Å². The SMILES string of the molecule is Cc1cc(Br)cc(NCC2CSc3ccccc32)c1. The van der Waals surface area contributed by atoms with Gasteiger partial charge in [0.15, 0.2) is 0 Å². The van der Waals surface area contributed by atoms with Gasteiger partial charge in [-0.05, 0) is 42.3 Å². The molecule has 1 aliphatic heterocycles. The van der Waals surface area contributed by atoms with E-state index in [1.165, 1.54) is 27.5 Å². The lowest BCUT2D eigenvalue weighted by atomic mass is 10.0. The van der Waals surface area contributed by atoms with E-state index in [1.54, 1.807) is 0 Å². The van der Waals surface area contributed by atoms with Crippen LogP contribution in [-0.4, -0.2) is 12.3 Å². The zero-order valence-electron chi connectivity index (χ0n) is 10.8. The Balaban J connectivity index is 1.70. The molecule has 0 amide bonds. The van der Waals surface area contributed by atoms with Gasteiger partial charge in [0.25, 0.3) is 0 Å². The molecule has 1 heterocycles. The highest BCUT2D eigenvalue weighted by Gasteiger charge is 2.22. The summed E-state index contributed by atoms with van der Waals surface area (Å²) in [5.41, 5.74) is 3.96. The fraction of sp³-hybridized carbons (Fsp3) is 0.250. The van der Waals surface area contributed by atoms with Crippen molar-refractivity contribution >= 4 is 33.4 Å². The molecule has 2 aromatic rings. The van der Waals surface area contributed by atoms with Crippen LogP contribution in [0.3, 0.4) is 0 Å². The summed E-state index contributed by atoms with van der Waals surface area (Å²) >= 11 is 5.52. The van der Waals surface area contributed by atoms with Crippen LogP contribution in [0, 0.1) is 6.92 Å². The minimum atomic E-state index is 0.612. The number of nitrogens with one attached hydrogen (secondary N) is 1. The molecule has 19 heavy (non-hydrogen) atoms. The Bertz CT molecular complexity index is 577. The minimum Gasteiger partial charge on any atom is -0.384 e. The van der Waals surface area contributed by atoms with E-state index in [0.717, 1.165) is 11.0 Å². The van der Waals surface area contributed by atoms with E-state index in [0.29, 0.717) is 5.92 Å². The second-order valence-corrected chi connectivity index (χ2v) is 6.92. The number of anilines is 1. The zero-order valence-corrected chi connectivity index (χ0v) is 13.2. The van der Waals surface area contributed by atoms with Gasteiger partial charge in [-0.15, -0.1) is 11.8 Å². The molecule has 2 aromatic carbocycles. The Hall–Kier alpha value is -0.930. The van der Waals surface area contributed by atoms with Gasteiger partial charge in [0, 0.05) is 33.3 Å². The zero-order chi connectivity index (χ0) is 13.2. The molecule has 98 valence electrons. The van der Waals surface area contributed by atoms with Gasteiger partial charge in [-0.3, -0.25) is 0 Å². The Morgan fingerprint density at radius 3 is 2.95 bits per heavy atom. The van der Waals surface area contributed by atoms with Crippen molar-refractivity contribution in [3.63, 3.8) is 0 Å². The smallest absolute Gasteiger partial charge is 0.0354 e. The molecule has 1 N–H and O–H groups in total. The van der Waals surface area contributed by atoms with Gasteiger partial charge >= 0.3 is 0 Å². The van der Waals surface area contributed by atoms with Gasteiger partial charge in [0.1, 0.15) is 0 Å². The van der Waals surface area contributed by atoms with Gasteiger partial charge in [-0.25, -0.2) is 0 Å². The second-order valence-electron chi connectivity index (χ2n) is 4.94. The lowest BCUT2D eigenvalue weighted by Gasteiger charge is -2.14. The number of rotatable bonds is 3. The quantitative estimate of drug-likeness (QED) is 0.842. The number of benzene rings is 2. The van der Waals surface area contributed by atoms with E-state index in [2.05, 4.69) is 70.6 Å². The van der Waals surface area contributed by atoms with E-state index >= 15 is 0 Å². The maximum absolute atomic E-state index is 3.57. The first kappa shape index (κ1) is 13.1. The molecule has 3 rings (SSSR count). The molecule has 0 aromatic heterocycles. The highest BCUT2D eigenvalue weighted by Crippen LogP contribution is 2.39. The maximum Gasteiger partial charge on any atom is 0.0354 e. The third-order valence-electron chi connectivity index (χ3n) is 3.39. The highest BCUT2D eigenvalue weighted by molar-refractivity contribution is 9.10. The van der Waals surface area contributed by atoms with E-state index in [1.807, 2.05) is 11.8 Å². The van der Waals surface area contributed by atoms with E-state index in [9.17, 15) is 0 Å². The molecule has 0 saturated carbocycles. The van der Waals surface area contributed by atoms with Gasteiger partial charge in [-0.2, -0.15) is 0 Å². The molecule has 0 saturated heterocycles. The summed E-state index contributed by atoms with van der Waals surface area (Å²) in [6.07, 6.45) is 0. The van der Waals surface area contributed by atoms with Gasteiger partial charge in [-0.1, -0.05) is 34.1 Å². The predicted octanol–water partition coefficient (Wildman–Crippen LogP) is 5.06. The number of aryl methyl sites for hydroxylation is 1. The van der Waals surface area contributed by atoms with Crippen molar-refractivity contribution in [1.82, 2.24) is 0 Å². The van der Waals surface area contributed by atoms with Crippen LogP contribution in [-0.2, 0) is 0 Å². The van der Waals surface area contributed by atoms with Crippen molar-refractivity contribution in [2.45, 2.75) is 17.7 Å². The van der Waals surface area contributed by atoms with Crippen molar-refractivity contribution < 1.29 is 0 Å². The summed E-state index contributed by atoms with van der Waals surface area (Å²) in [5.74, 6) is 1.79. The van der Waals surface area contributed by atoms with Gasteiger partial charge in [0.05, 0.1) is 0 Å². The van der Waals surface area contributed by atoms with Crippen molar-refractivity contribution in [2.24, 2.45) is 0 Å². The normalized spacial score (nSPS) is 17.3. The monoisotopic (exact) mass is 333 g/mol. The average Bonchev–Trinajstić information content (AvgIpc) is 2.78. The van der Waals surface area contributed by atoms with Crippen LogP contribution in [0.5, 0.6) is 0 Å². The van der Waals surface area contributed by atoms with Crippen molar-refractivity contribution in [3.8, 4) is 0 Å². The Kier molecular flexibility index (Phi) is 3.85. The lowest BCUT2D eigenvalue weighted by molar-refractivity contribution is 0.819. The Morgan fingerprint density at radius 1 is 1.26 bits per heavy atom. The van der Waals surface area contributed by atoms with Crippen molar-refractivity contribution in [2.75, 3.05) is 17.6 Å². The highest BCUT2D eigenvalue weighted by atomic mass is 79.9. The first-order valence-corrected chi connectivity index (χ1v) is 8.23. The molecule has 0 fully saturated rings. The fourth-order valence-corrected chi connectivity index (χ4v) is 4.34. The molecule has 1 unspecified atom stereocenters. The van der Waals surface area contributed by atoms with Gasteiger partial charge < -0.3 is 5.32 Å². The predicted molar refractivity (Wildman–Crippen MR) is 87.3 cm³/mol. The van der Waals surface area contributed by atoms with Gasteiger partial charge in [0.2, 0.25) is 0 Å². The number of hydrogen-bond donors (Lipinski definition) is 1. The summed E-state index contributed by atoms with van der Waals surface area (Å²) < 4.78 is 1.14. The van der Waals surface area contributed by atoms with Crippen LogP contribution in [0.4, 0.5) is 5.69 Å². The van der Waals surface area contributed by atoms with Crippen LogP contribution in [0.25, 0.3) is 0 Å². The molecule has 0 bridgehead atoms. The summed E-state index contributed by atoms with van der Waals surface area (Å²) in [6.45, 7) is 3.12. The molecule has 3 heteroatoms. The third-order valence-corrected chi connectivity index (χ3v) is 5.10. The molecule has 1 aliphatic rings. The lowest BCUT2D eigenvalue weighted by Crippen LogP contribution is -2.12. The van der Waals surface area contributed by atoms with E-state index < -0.39 is 0 Å². The van der Waals surface area contributed by atoms with Crippen LogP contribution < -0.4 is 5.32 Å². The molecule has 0 spiro atoms. The topological polar surface area (TPSA) is 12.0 Å². The minimum absolute atomic E-state index is 0.612. The number of halogens is 1. The molecule has 1 atom stereocenters. The third kappa shape index (κ3) is 2.98. The maximum atomic E-state index is 3.57. The van der Waals surface area contributed by atoms with Crippen molar-refractivity contribution in [3.05, 3.63) is 58.1 Å².